The molecule has 19 heteroatoms. The summed E-state index contributed by atoms with van der Waals surface area (Å²) < 4.78 is 8.23. The number of amides is 4. The summed E-state index contributed by atoms with van der Waals surface area (Å²) in [6.07, 6.45) is 1.76. The third kappa shape index (κ3) is 5.97. The van der Waals surface area contributed by atoms with Gasteiger partial charge in [-0.2, -0.15) is 5.10 Å². The van der Waals surface area contributed by atoms with Crippen LogP contribution in [0, 0.1) is 56.2 Å². The quantitative estimate of drug-likeness (QED) is 0.0653. The molecule has 4 heterocycles. The van der Waals surface area contributed by atoms with Crippen LogP contribution in [0.2, 0.25) is 5.02 Å². The third-order valence-electron chi connectivity index (χ3n) is 13.3. The van der Waals surface area contributed by atoms with Gasteiger partial charge >= 0.3 is 11.4 Å². The van der Waals surface area contributed by atoms with Gasteiger partial charge < -0.3 is 14.7 Å². The number of allylic oxidation sites excluding steroid dienone is 2. The highest BCUT2D eigenvalue weighted by Crippen LogP contribution is 2.65. The molecule has 2 aromatic heterocycles. The average molecular weight is 894 g/mol. The number of carbonyl (C=O) groups is 4. The summed E-state index contributed by atoms with van der Waals surface area (Å²) in [6, 6.07) is 14.2. The largest absolute Gasteiger partial charge is 0.504 e. The van der Waals surface area contributed by atoms with Crippen molar-refractivity contribution in [3.8, 4) is 22.1 Å². The van der Waals surface area contributed by atoms with Gasteiger partial charge in [-0.15, -0.1) is 11.3 Å². The summed E-state index contributed by atoms with van der Waals surface area (Å²) in [7, 11) is 4.46. The monoisotopic (exact) mass is 893 g/mol. The van der Waals surface area contributed by atoms with Crippen molar-refractivity contribution in [2.75, 3.05) is 35.4 Å². The molecular formula is C44H40ClN7O10S. The zero-order chi connectivity index (χ0) is 45.1. The maximum absolute atomic E-state index is 15.3. The van der Waals surface area contributed by atoms with Crippen LogP contribution >= 0.6 is 22.9 Å². The minimum Gasteiger partial charge on any atom is -0.504 e. The van der Waals surface area contributed by atoms with Crippen molar-refractivity contribution < 1.29 is 38.9 Å². The lowest BCUT2D eigenvalue weighted by Gasteiger charge is -2.49. The van der Waals surface area contributed by atoms with Gasteiger partial charge in [0.05, 0.1) is 50.2 Å². The lowest BCUT2D eigenvalue weighted by molar-refractivity contribution is -0.392. The van der Waals surface area contributed by atoms with Gasteiger partial charge in [0.25, 0.3) is 0 Å². The van der Waals surface area contributed by atoms with Gasteiger partial charge in [0.15, 0.2) is 17.2 Å². The van der Waals surface area contributed by atoms with Crippen LogP contribution in [0.4, 0.5) is 28.6 Å². The van der Waals surface area contributed by atoms with E-state index in [1.54, 1.807) is 57.3 Å². The predicted molar refractivity (Wildman–Crippen MR) is 234 cm³/mol. The lowest BCUT2D eigenvalue weighted by Crippen LogP contribution is -2.49. The number of carbonyl (C=O) groups excluding carboxylic acids is 4. The summed E-state index contributed by atoms with van der Waals surface area (Å²) in [4.78, 5) is 86.4. The Kier molecular flexibility index (Phi) is 9.74. The standard InChI is InChI=1S/C44H40ClN7O10S/c1-7-62-32-10-8-9-25(38(32)53)36-23-12-13-24-35(42(56)49(40(24)54)22-16-30(51(58)59)37(47(4)5)31(17-22)52(60)61)27(23)18-28-41(55)50(43(57)44(28,36)3)34-19-29(46-48(34)6)39-20(2)26-15-21(45)11-14-33(26)63-39/h8-12,14-17,19,24,27-28,35-36,53H,7,13,18H2,1-6H3/t24-,27+,28-,35-,36+,44+/m0/s1. The van der Waals surface area contributed by atoms with Gasteiger partial charge in [-0.05, 0) is 74.7 Å². The molecule has 4 aliphatic rings. The molecule has 2 saturated heterocycles. The molecule has 0 radical (unpaired) electrons. The van der Waals surface area contributed by atoms with Crippen molar-refractivity contribution in [2.24, 2.45) is 36.1 Å². The fraction of sp³-hybridized carbons (Fsp3) is 0.341. The van der Waals surface area contributed by atoms with Crippen LogP contribution in [0.25, 0.3) is 20.7 Å². The average Bonchev–Trinajstić information content (AvgIpc) is 3.91. The van der Waals surface area contributed by atoms with Crippen molar-refractivity contribution in [1.29, 1.82) is 0 Å². The lowest BCUT2D eigenvalue weighted by atomic mass is 9.51. The minimum absolute atomic E-state index is 0.0113. The normalized spacial score (nSPS) is 24.1. The molecule has 324 valence electrons. The molecule has 4 amide bonds. The smallest absolute Gasteiger partial charge is 0.301 e. The van der Waals surface area contributed by atoms with Gasteiger partial charge in [-0.3, -0.25) is 44.1 Å². The second-order valence-corrected chi connectivity index (χ2v) is 18.2. The number of aryl methyl sites for hydroxylation is 2. The fourth-order valence-corrected chi connectivity index (χ4v) is 11.9. The van der Waals surface area contributed by atoms with E-state index in [9.17, 15) is 34.9 Å². The van der Waals surface area contributed by atoms with E-state index in [0.29, 0.717) is 16.3 Å². The topological polar surface area (TPSA) is 212 Å². The van der Waals surface area contributed by atoms with Crippen molar-refractivity contribution in [3.63, 3.8) is 0 Å². The molecule has 0 unspecified atom stereocenters. The maximum Gasteiger partial charge on any atom is 0.301 e. The van der Waals surface area contributed by atoms with Gasteiger partial charge in [-0.25, -0.2) is 9.80 Å². The van der Waals surface area contributed by atoms with Crippen LogP contribution in [0.1, 0.15) is 43.7 Å². The Morgan fingerprint density at radius 2 is 1.68 bits per heavy atom. The van der Waals surface area contributed by atoms with Crippen molar-refractivity contribution in [2.45, 2.75) is 39.5 Å². The summed E-state index contributed by atoms with van der Waals surface area (Å²) in [5, 5.41) is 42.7. The molecule has 63 heavy (non-hydrogen) atoms. The van der Waals surface area contributed by atoms with E-state index in [-0.39, 0.29) is 53.7 Å². The highest BCUT2D eigenvalue weighted by molar-refractivity contribution is 7.22. The molecule has 1 N–H and O–H groups in total. The number of fused-ring (bicyclic) bond motifs is 5. The van der Waals surface area contributed by atoms with Crippen LogP contribution in [0.3, 0.4) is 0 Å². The number of nitro benzene ring substituents is 2. The first kappa shape index (κ1) is 41.7. The van der Waals surface area contributed by atoms with Crippen molar-refractivity contribution in [3.05, 3.63) is 103 Å². The number of nitro groups is 2. The Hall–Kier alpha value is -6.66. The van der Waals surface area contributed by atoms with Crippen molar-refractivity contribution in [1.82, 2.24) is 9.78 Å². The number of aromatic hydroxyl groups is 1. The third-order valence-corrected chi connectivity index (χ3v) is 14.8. The number of phenols is 1. The number of rotatable bonds is 9. The van der Waals surface area contributed by atoms with Crippen LogP contribution in [-0.2, 0) is 26.2 Å². The maximum atomic E-state index is 15.3. The summed E-state index contributed by atoms with van der Waals surface area (Å²) in [5.41, 5.74) is -1.19. The van der Waals surface area contributed by atoms with Crippen LogP contribution in [0.15, 0.2) is 66.2 Å². The van der Waals surface area contributed by atoms with E-state index < -0.39 is 79.9 Å². The highest BCUT2D eigenvalue weighted by atomic mass is 35.5. The Morgan fingerprint density at radius 3 is 2.33 bits per heavy atom. The molecular weight excluding hydrogens is 854 g/mol. The Bertz CT molecular complexity index is 2890. The second-order valence-electron chi connectivity index (χ2n) is 16.7. The van der Waals surface area contributed by atoms with E-state index in [1.807, 2.05) is 19.1 Å². The number of halogens is 1. The molecule has 17 nitrogen and oxygen atoms in total. The molecule has 5 aromatic rings. The Morgan fingerprint density at radius 1 is 0.984 bits per heavy atom. The summed E-state index contributed by atoms with van der Waals surface area (Å²) in [5.74, 6) is -7.43. The fourth-order valence-electron chi connectivity index (χ4n) is 10.5. The van der Waals surface area contributed by atoms with Crippen LogP contribution in [0.5, 0.6) is 11.5 Å². The van der Waals surface area contributed by atoms with E-state index in [2.05, 4.69) is 0 Å². The number of para-hydroxylation sites is 1. The second kappa shape index (κ2) is 14.7. The number of nitrogens with zero attached hydrogens (tertiary/aromatic N) is 7. The Balaban J connectivity index is 1.16. The number of ether oxygens (including phenoxy) is 1. The van der Waals surface area contributed by atoms with Crippen molar-refractivity contribution >= 4 is 85.2 Å². The molecule has 6 atom stereocenters. The van der Waals surface area contributed by atoms with E-state index in [0.717, 1.165) is 42.5 Å². The first-order valence-electron chi connectivity index (χ1n) is 20.2. The number of hydrogen-bond donors (Lipinski definition) is 1. The van der Waals surface area contributed by atoms with E-state index in [4.69, 9.17) is 21.4 Å². The highest BCUT2D eigenvalue weighted by Gasteiger charge is 2.68. The molecule has 3 fully saturated rings. The predicted octanol–water partition coefficient (Wildman–Crippen LogP) is 7.69. The van der Waals surface area contributed by atoms with E-state index in [1.165, 1.54) is 35.0 Å². The van der Waals surface area contributed by atoms with Gasteiger partial charge in [0.2, 0.25) is 23.6 Å². The SMILES string of the molecule is CCOc1cccc([C@H]2C3=CC[C@@H]4C(=O)N(c5cc([N+](=O)[O-])c(N(C)C)c([N+](=O)[O-])c5)C(=O)[C@@H]4[C@@H]3C[C@H]3C(=O)N(c4cc(-c5sc6ccc(Cl)cc6c5C)nn4C)C(=O)[C@@]23C)c1O. The summed E-state index contributed by atoms with van der Waals surface area (Å²) in [6.45, 7) is 5.61. The first-order chi connectivity index (χ1) is 29.9. The number of benzene rings is 3. The molecule has 0 bridgehead atoms. The van der Waals surface area contributed by atoms with Gasteiger partial charge in [0, 0.05) is 60.5 Å². The van der Waals surface area contributed by atoms with Gasteiger partial charge in [-0.1, -0.05) is 35.4 Å². The molecule has 3 aromatic carbocycles. The van der Waals surface area contributed by atoms with Gasteiger partial charge in [0.1, 0.15) is 11.5 Å². The van der Waals surface area contributed by atoms with E-state index >= 15 is 9.59 Å². The molecule has 0 spiro atoms. The first-order valence-corrected chi connectivity index (χ1v) is 21.4. The number of phenolic OH excluding ortho intramolecular Hbond substituents is 1. The number of hydrogen-bond acceptors (Lipinski definition) is 13. The molecule has 2 aliphatic heterocycles. The summed E-state index contributed by atoms with van der Waals surface area (Å²) >= 11 is 7.82. The van der Waals surface area contributed by atoms with Crippen LogP contribution < -0.4 is 19.4 Å². The Labute approximate surface area is 368 Å². The number of imide groups is 2. The number of aromatic nitrogens is 2. The zero-order valence-corrected chi connectivity index (χ0v) is 36.4. The minimum atomic E-state index is -1.53. The van der Waals surface area contributed by atoms with Crippen LogP contribution in [-0.4, -0.2) is 69.1 Å². The molecule has 1 saturated carbocycles. The molecule has 9 rings (SSSR count). The number of thiophene rings is 1. The molecule has 2 aliphatic carbocycles. The number of anilines is 3. The zero-order valence-electron chi connectivity index (χ0n) is 34.8.